The lowest BCUT2D eigenvalue weighted by molar-refractivity contribution is -0.142. The molecule has 0 atom stereocenters. The Bertz CT molecular complexity index is 487. The highest BCUT2D eigenvalue weighted by Gasteiger charge is 2.47. The molecule has 0 aromatic heterocycles. The molecule has 2 fully saturated rings. The fourth-order valence-electron chi connectivity index (χ4n) is 3.99. The molecule has 0 spiro atoms. The van der Waals surface area contributed by atoms with E-state index in [4.69, 9.17) is 0 Å². The maximum atomic E-state index is 13.1. The van der Waals surface area contributed by atoms with Crippen LogP contribution in [-0.2, 0) is 10.2 Å². The zero-order chi connectivity index (χ0) is 15.4. The smallest absolute Gasteiger partial charge is 0.233 e. The Morgan fingerprint density at radius 2 is 1.91 bits per heavy atom. The summed E-state index contributed by atoms with van der Waals surface area (Å²) < 4.78 is 0. The molecule has 1 heterocycles. The zero-order valence-electron chi connectivity index (χ0n) is 13.7. The zero-order valence-corrected chi connectivity index (χ0v) is 13.7. The molecule has 1 aliphatic carbocycles. The van der Waals surface area contributed by atoms with Gasteiger partial charge in [-0.25, -0.2) is 0 Å². The molecule has 3 rings (SSSR count). The maximum Gasteiger partial charge on any atom is 0.233 e. The largest absolute Gasteiger partial charge is 0.342 e. The van der Waals surface area contributed by atoms with Crippen molar-refractivity contribution < 1.29 is 4.79 Å². The molecular formula is C19H28N2O. The molecule has 3 nitrogen and oxygen atoms in total. The molecule has 0 radical (unpaired) electrons. The first-order chi connectivity index (χ1) is 10.8. The normalized spacial score (nSPS) is 21.4. The second-order valence-electron chi connectivity index (χ2n) is 6.93. The van der Waals surface area contributed by atoms with Crippen LogP contribution in [0.25, 0.3) is 0 Å². The first-order valence-electron chi connectivity index (χ1n) is 8.76. The van der Waals surface area contributed by atoms with E-state index in [-0.39, 0.29) is 5.41 Å². The monoisotopic (exact) mass is 300 g/mol. The molecule has 22 heavy (non-hydrogen) atoms. The predicted molar refractivity (Wildman–Crippen MR) is 89.8 cm³/mol. The summed E-state index contributed by atoms with van der Waals surface area (Å²) in [6, 6.07) is 10.4. The van der Waals surface area contributed by atoms with Gasteiger partial charge in [-0.2, -0.15) is 0 Å². The summed E-state index contributed by atoms with van der Waals surface area (Å²) in [5.74, 6) is 1.17. The van der Waals surface area contributed by atoms with E-state index >= 15 is 0 Å². The van der Waals surface area contributed by atoms with Crippen molar-refractivity contribution in [1.82, 2.24) is 10.2 Å². The highest BCUT2D eigenvalue weighted by molar-refractivity contribution is 5.89. The van der Waals surface area contributed by atoms with E-state index in [1.165, 1.54) is 18.4 Å². The van der Waals surface area contributed by atoms with Gasteiger partial charge in [0.1, 0.15) is 0 Å². The highest BCUT2D eigenvalue weighted by atomic mass is 16.2. The third-order valence-corrected chi connectivity index (χ3v) is 5.65. The fraction of sp³-hybridized carbons (Fsp3) is 0.632. The number of carbonyl (C=O) groups is 1. The second-order valence-corrected chi connectivity index (χ2v) is 6.93. The number of hydrogen-bond acceptors (Lipinski definition) is 2. The topological polar surface area (TPSA) is 32.3 Å². The Labute approximate surface area is 134 Å². The summed E-state index contributed by atoms with van der Waals surface area (Å²) in [5.41, 5.74) is 1.02. The molecule has 1 amide bonds. The number of amides is 1. The Kier molecular flexibility index (Phi) is 4.82. The fourth-order valence-corrected chi connectivity index (χ4v) is 3.99. The van der Waals surface area contributed by atoms with Gasteiger partial charge in [-0.3, -0.25) is 4.79 Å². The number of carbonyl (C=O) groups excluding carboxylic acids is 1. The van der Waals surface area contributed by atoms with Crippen LogP contribution in [0.15, 0.2) is 30.3 Å². The minimum atomic E-state index is -0.209. The molecule has 1 aliphatic heterocycles. The SMILES string of the molecule is CNCCC1CCN(C(=O)C2(c3ccccc3)CCC2)CC1. The van der Waals surface area contributed by atoms with Gasteiger partial charge in [0.15, 0.2) is 0 Å². The molecule has 1 aromatic carbocycles. The number of likely N-dealkylation sites (tertiary alicyclic amines) is 1. The standard InChI is InChI=1S/C19H28N2O/c1-20-13-8-16-9-14-21(15-10-16)18(22)19(11-5-12-19)17-6-3-2-4-7-17/h2-4,6-7,16,20H,5,8-15H2,1H3. The van der Waals surface area contributed by atoms with E-state index in [0.29, 0.717) is 5.91 Å². The summed E-state index contributed by atoms with van der Waals surface area (Å²) in [7, 11) is 2.01. The van der Waals surface area contributed by atoms with Gasteiger partial charge in [0.05, 0.1) is 5.41 Å². The Morgan fingerprint density at radius 1 is 1.23 bits per heavy atom. The average Bonchev–Trinajstić information content (AvgIpc) is 2.53. The van der Waals surface area contributed by atoms with Gasteiger partial charge >= 0.3 is 0 Å². The molecule has 0 bridgehead atoms. The third-order valence-electron chi connectivity index (χ3n) is 5.65. The first kappa shape index (κ1) is 15.5. The number of rotatable bonds is 5. The van der Waals surface area contributed by atoms with Crippen LogP contribution < -0.4 is 5.32 Å². The minimum absolute atomic E-state index is 0.209. The predicted octanol–water partition coefficient (Wildman–Crippen LogP) is 2.96. The molecule has 1 N–H and O–H groups in total. The molecule has 120 valence electrons. The quantitative estimate of drug-likeness (QED) is 0.907. The van der Waals surface area contributed by atoms with Crippen LogP contribution >= 0.6 is 0 Å². The second kappa shape index (κ2) is 6.82. The van der Waals surface area contributed by atoms with Gasteiger partial charge in [-0.1, -0.05) is 36.8 Å². The highest BCUT2D eigenvalue weighted by Crippen LogP contribution is 2.45. The summed E-state index contributed by atoms with van der Waals surface area (Å²) >= 11 is 0. The van der Waals surface area contributed by atoms with E-state index in [1.54, 1.807) is 0 Å². The molecule has 2 aliphatic rings. The van der Waals surface area contributed by atoms with Crippen molar-refractivity contribution >= 4 is 5.91 Å². The van der Waals surface area contributed by atoms with E-state index < -0.39 is 0 Å². The van der Waals surface area contributed by atoms with Gasteiger partial charge in [0.25, 0.3) is 0 Å². The van der Waals surface area contributed by atoms with Crippen molar-refractivity contribution in [3.63, 3.8) is 0 Å². The lowest BCUT2D eigenvalue weighted by Crippen LogP contribution is -2.53. The molecule has 1 saturated carbocycles. The summed E-state index contributed by atoms with van der Waals surface area (Å²) in [6.45, 7) is 2.98. The first-order valence-corrected chi connectivity index (χ1v) is 8.76. The van der Waals surface area contributed by atoms with Gasteiger partial charge in [-0.05, 0) is 57.2 Å². The lowest BCUT2D eigenvalue weighted by atomic mass is 9.63. The van der Waals surface area contributed by atoms with Crippen molar-refractivity contribution in [3.8, 4) is 0 Å². The van der Waals surface area contributed by atoms with Crippen molar-refractivity contribution in [2.75, 3.05) is 26.7 Å². The minimum Gasteiger partial charge on any atom is -0.342 e. The van der Waals surface area contributed by atoms with Crippen molar-refractivity contribution in [2.45, 2.75) is 43.9 Å². The van der Waals surface area contributed by atoms with E-state index in [2.05, 4.69) is 34.5 Å². The van der Waals surface area contributed by atoms with E-state index in [0.717, 1.165) is 51.2 Å². The number of nitrogens with one attached hydrogen (secondary N) is 1. The van der Waals surface area contributed by atoms with Crippen molar-refractivity contribution in [2.24, 2.45) is 5.92 Å². The van der Waals surface area contributed by atoms with Crippen molar-refractivity contribution in [3.05, 3.63) is 35.9 Å². The summed E-state index contributed by atoms with van der Waals surface area (Å²) in [4.78, 5) is 15.3. The Morgan fingerprint density at radius 3 is 2.45 bits per heavy atom. The summed E-state index contributed by atoms with van der Waals surface area (Å²) in [6.07, 6.45) is 6.79. The van der Waals surface area contributed by atoms with Gasteiger partial charge < -0.3 is 10.2 Å². The van der Waals surface area contributed by atoms with Gasteiger partial charge in [0, 0.05) is 13.1 Å². The lowest BCUT2D eigenvalue weighted by Gasteiger charge is -2.45. The number of piperidine rings is 1. The number of benzene rings is 1. The van der Waals surface area contributed by atoms with Crippen molar-refractivity contribution in [1.29, 1.82) is 0 Å². The van der Waals surface area contributed by atoms with Crippen LogP contribution in [0.1, 0.15) is 44.1 Å². The van der Waals surface area contributed by atoms with Gasteiger partial charge in [0.2, 0.25) is 5.91 Å². The van der Waals surface area contributed by atoms with Crippen LogP contribution in [0.2, 0.25) is 0 Å². The molecule has 0 unspecified atom stereocenters. The van der Waals surface area contributed by atoms with E-state index in [1.807, 2.05) is 13.1 Å². The molecular weight excluding hydrogens is 272 g/mol. The third kappa shape index (κ3) is 2.91. The summed E-state index contributed by atoms with van der Waals surface area (Å²) in [5, 5.41) is 3.23. The molecule has 1 saturated heterocycles. The Hall–Kier alpha value is -1.35. The average molecular weight is 300 g/mol. The molecule has 3 heteroatoms. The maximum absolute atomic E-state index is 13.1. The van der Waals surface area contributed by atoms with Crippen LogP contribution in [0.4, 0.5) is 0 Å². The van der Waals surface area contributed by atoms with E-state index in [9.17, 15) is 4.79 Å². The Balaban J connectivity index is 1.64. The number of hydrogen-bond donors (Lipinski definition) is 1. The molecule has 1 aromatic rings. The number of nitrogens with zero attached hydrogens (tertiary/aromatic N) is 1. The van der Waals surface area contributed by atoms with Crippen LogP contribution in [0.5, 0.6) is 0 Å². The van der Waals surface area contributed by atoms with Crippen LogP contribution in [0.3, 0.4) is 0 Å². The van der Waals surface area contributed by atoms with Crippen LogP contribution in [0, 0.1) is 5.92 Å². The van der Waals surface area contributed by atoms with Crippen LogP contribution in [-0.4, -0.2) is 37.5 Å². The van der Waals surface area contributed by atoms with Gasteiger partial charge in [-0.15, -0.1) is 0 Å².